The standard InChI is InChI=1S/C26H31ClN2O4Si/c1-26(2,3)34(21-10-6-4-7-11-21,22-12-8-5-9-13-22)33-17-16-32-19-23(30)25(31)29-24-15-14-20(27)18-28-24/h4-15,18,23,30H,16-17,19H2,1-3H3,(H,28,29,31). The molecular formula is C26H31ClN2O4Si. The highest BCUT2D eigenvalue weighted by molar-refractivity contribution is 6.99. The van der Waals surface area contributed by atoms with Gasteiger partial charge in [0, 0.05) is 6.20 Å². The topological polar surface area (TPSA) is 80.7 Å². The third kappa shape index (κ3) is 6.31. The van der Waals surface area contributed by atoms with Gasteiger partial charge < -0.3 is 19.6 Å². The molecule has 34 heavy (non-hydrogen) atoms. The minimum atomic E-state index is -2.64. The van der Waals surface area contributed by atoms with E-state index in [1.165, 1.54) is 16.6 Å². The fourth-order valence-electron chi connectivity index (χ4n) is 3.95. The summed E-state index contributed by atoms with van der Waals surface area (Å²) in [5.41, 5.74) is 0. The van der Waals surface area contributed by atoms with Crippen LogP contribution in [-0.4, -0.2) is 50.2 Å². The monoisotopic (exact) mass is 498 g/mol. The summed E-state index contributed by atoms with van der Waals surface area (Å²) in [7, 11) is -2.64. The highest BCUT2D eigenvalue weighted by atomic mass is 35.5. The van der Waals surface area contributed by atoms with Gasteiger partial charge in [-0.3, -0.25) is 4.79 Å². The summed E-state index contributed by atoms with van der Waals surface area (Å²) in [6, 6.07) is 23.8. The van der Waals surface area contributed by atoms with Crippen LogP contribution in [-0.2, 0) is 14.0 Å². The summed E-state index contributed by atoms with van der Waals surface area (Å²) in [5.74, 6) is -0.286. The first-order chi connectivity index (χ1) is 16.2. The molecular weight excluding hydrogens is 468 g/mol. The van der Waals surface area contributed by atoms with Crippen LogP contribution in [0, 0.1) is 0 Å². The molecule has 0 saturated heterocycles. The lowest BCUT2D eigenvalue weighted by molar-refractivity contribution is -0.127. The summed E-state index contributed by atoms with van der Waals surface area (Å²) in [4.78, 5) is 16.2. The number of hydrogen-bond acceptors (Lipinski definition) is 5. The van der Waals surface area contributed by atoms with Gasteiger partial charge in [0.05, 0.1) is 24.8 Å². The zero-order valence-corrected chi connectivity index (χ0v) is 21.5. The molecule has 3 aromatic rings. The Bertz CT molecular complexity index is 1000. The van der Waals surface area contributed by atoms with E-state index in [1.54, 1.807) is 12.1 Å². The lowest BCUT2D eigenvalue weighted by Gasteiger charge is -2.43. The Morgan fingerprint density at radius 3 is 2.09 bits per heavy atom. The molecule has 0 aliphatic carbocycles. The summed E-state index contributed by atoms with van der Waals surface area (Å²) in [6.45, 7) is 7.05. The van der Waals surface area contributed by atoms with Gasteiger partial charge in [0.2, 0.25) is 0 Å². The van der Waals surface area contributed by atoms with Crippen LogP contribution in [0.5, 0.6) is 0 Å². The van der Waals surface area contributed by atoms with E-state index in [4.69, 9.17) is 20.8 Å². The van der Waals surface area contributed by atoms with Crippen molar-refractivity contribution in [3.8, 4) is 0 Å². The van der Waals surface area contributed by atoms with E-state index in [0.29, 0.717) is 17.4 Å². The SMILES string of the molecule is CC(C)(C)[Si](OCCOCC(O)C(=O)Nc1ccc(Cl)cn1)(c1ccccc1)c1ccccc1. The normalized spacial score (nSPS) is 12.9. The van der Waals surface area contributed by atoms with Gasteiger partial charge in [-0.05, 0) is 27.5 Å². The van der Waals surface area contributed by atoms with Gasteiger partial charge in [-0.1, -0.05) is 93.0 Å². The molecule has 2 N–H and O–H groups in total. The van der Waals surface area contributed by atoms with Crippen molar-refractivity contribution in [2.24, 2.45) is 0 Å². The van der Waals surface area contributed by atoms with E-state index >= 15 is 0 Å². The number of nitrogens with zero attached hydrogens (tertiary/aromatic N) is 1. The second-order valence-corrected chi connectivity index (χ2v) is 13.7. The number of aliphatic hydroxyl groups excluding tert-OH is 1. The Morgan fingerprint density at radius 1 is 1.00 bits per heavy atom. The quantitative estimate of drug-likeness (QED) is 0.329. The zero-order chi connectivity index (χ0) is 24.6. The number of rotatable bonds is 10. The van der Waals surface area contributed by atoms with Gasteiger partial charge in [-0.25, -0.2) is 4.98 Å². The van der Waals surface area contributed by atoms with Crippen LogP contribution in [0.3, 0.4) is 0 Å². The van der Waals surface area contributed by atoms with Crippen LogP contribution in [0.25, 0.3) is 0 Å². The lowest BCUT2D eigenvalue weighted by atomic mass is 10.2. The van der Waals surface area contributed by atoms with E-state index < -0.39 is 20.3 Å². The summed E-state index contributed by atoms with van der Waals surface area (Å²) in [6.07, 6.45) is 0.0905. The number of aromatic nitrogens is 1. The number of hydrogen-bond donors (Lipinski definition) is 2. The van der Waals surface area contributed by atoms with E-state index in [-0.39, 0.29) is 18.3 Å². The van der Waals surface area contributed by atoms with Gasteiger partial charge >= 0.3 is 0 Å². The second kappa shape index (κ2) is 11.7. The molecule has 0 saturated carbocycles. The van der Waals surface area contributed by atoms with E-state index in [9.17, 15) is 9.90 Å². The van der Waals surface area contributed by atoms with Crippen LogP contribution in [0.4, 0.5) is 5.82 Å². The van der Waals surface area contributed by atoms with Gasteiger partial charge in [0.1, 0.15) is 5.82 Å². The molecule has 1 amide bonds. The first-order valence-electron chi connectivity index (χ1n) is 11.2. The van der Waals surface area contributed by atoms with Crippen LogP contribution < -0.4 is 15.7 Å². The Labute approximate surface area is 207 Å². The third-order valence-corrected chi connectivity index (χ3v) is 10.8. The smallest absolute Gasteiger partial charge is 0.261 e. The van der Waals surface area contributed by atoms with Gasteiger partial charge in [-0.2, -0.15) is 0 Å². The van der Waals surface area contributed by atoms with Crippen molar-refractivity contribution < 1.29 is 19.1 Å². The maximum Gasteiger partial charge on any atom is 0.261 e. The number of carbonyl (C=O) groups is 1. The molecule has 0 bridgehead atoms. The van der Waals surface area contributed by atoms with Crippen LogP contribution in [0.2, 0.25) is 10.1 Å². The van der Waals surface area contributed by atoms with Crippen LogP contribution >= 0.6 is 11.6 Å². The largest absolute Gasteiger partial charge is 0.405 e. The number of benzene rings is 2. The summed E-state index contributed by atoms with van der Waals surface area (Å²) < 4.78 is 12.3. The van der Waals surface area contributed by atoms with E-state index in [1.807, 2.05) is 36.4 Å². The highest BCUT2D eigenvalue weighted by Gasteiger charge is 2.50. The second-order valence-electron chi connectivity index (χ2n) is 8.95. The van der Waals surface area contributed by atoms with Crippen LogP contribution in [0.1, 0.15) is 20.8 Å². The Balaban J connectivity index is 1.63. The number of aliphatic hydroxyl groups is 1. The zero-order valence-electron chi connectivity index (χ0n) is 19.7. The molecule has 6 nitrogen and oxygen atoms in total. The van der Waals surface area contributed by atoms with Gasteiger partial charge in [0.25, 0.3) is 14.2 Å². The van der Waals surface area contributed by atoms with Crippen molar-refractivity contribution >= 4 is 42.0 Å². The van der Waals surface area contributed by atoms with Crippen molar-refractivity contribution in [1.82, 2.24) is 4.98 Å². The fraction of sp³-hybridized carbons (Fsp3) is 0.308. The minimum Gasteiger partial charge on any atom is -0.405 e. The first-order valence-corrected chi connectivity index (χ1v) is 13.5. The number of pyridine rings is 1. The maximum absolute atomic E-state index is 12.2. The Morgan fingerprint density at radius 2 is 1.59 bits per heavy atom. The number of amides is 1. The van der Waals surface area contributed by atoms with Crippen molar-refractivity contribution in [3.05, 3.63) is 84.0 Å². The molecule has 0 radical (unpaired) electrons. The highest BCUT2D eigenvalue weighted by Crippen LogP contribution is 2.36. The molecule has 2 aromatic carbocycles. The van der Waals surface area contributed by atoms with Gasteiger partial charge in [-0.15, -0.1) is 0 Å². The van der Waals surface area contributed by atoms with Crippen molar-refractivity contribution in [2.45, 2.75) is 31.9 Å². The predicted octanol–water partition coefficient (Wildman–Crippen LogP) is 3.63. The number of nitrogens with one attached hydrogen (secondary N) is 1. The maximum atomic E-state index is 12.2. The summed E-state index contributed by atoms with van der Waals surface area (Å²) in [5, 5.41) is 15.4. The fourth-order valence-corrected chi connectivity index (χ4v) is 8.60. The molecule has 8 heteroatoms. The van der Waals surface area contributed by atoms with Crippen LogP contribution in [0.15, 0.2) is 79.0 Å². The number of halogens is 1. The number of carbonyl (C=O) groups excluding carboxylic acids is 1. The molecule has 1 unspecified atom stereocenters. The predicted molar refractivity (Wildman–Crippen MR) is 138 cm³/mol. The average molecular weight is 499 g/mol. The molecule has 0 aliphatic heterocycles. The van der Waals surface area contributed by atoms with Crippen molar-refractivity contribution in [1.29, 1.82) is 0 Å². The minimum absolute atomic E-state index is 0.138. The molecule has 0 spiro atoms. The molecule has 0 aliphatic rings. The Hall–Kier alpha value is -2.55. The molecule has 1 aromatic heterocycles. The average Bonchev–Trinajstić information content (AvgIpc) is 2.83. The number of ether oxygens (including phenoxy) is 1. The lowest BCUT2D eigenvalue weighted by Crippen LogP contribution is -2.66. The van der Waals surface area contributed by atoms with E-state index in [2.05, 4.69) is 55.3 Å². The van der Waals surface area contributed by atoms with Gasteiger partial charge in [0.15, 0.2) is 6.10 Å². The van der Waals surface area contributed by atoms with Crippen molar-refractivity contribution in [3.63, 3.8) is 0 Å². The number of anilines is 1. The Kier molecular flexibility index (Phi) is 8.99. The van der Waals surface area contributed by atoms with Crippen molar-refractivity contribution in [2.75, 3.05) is 25.1 Å². The molecule has 1 heterocycles. The summed E-state index contributed by atoms with van der Waals surface area (Å²) >= 11 is 5.79. The molecule has 180 valence electrons. The molecule has 1 atom stereocenters. The third-order valence-electron chi connectivity index (χ3n) is 5.52. The molecule has 3 rings (SSSR count). The molecule has 0 fully saturated rings. The first kappa shape index (κ1) is 26.1. The van der Waals surface area contributed by atoms with E-state index in [0.717, 1.165) is 0 Å².